The van der Waals surface area contributed by atoms with Crippen molar-refractivity contribution in [3.63, 3.8) is 0 Å². The van der Waals surface area contributed by atoms with E-state index >= 15 is 0 Å². The van der Waals surface area contributed by atoms with Gasteiger partial charge in [0.15, 0.2) is 12.6 Å². The topological polar surface area (TPSA) is 75.3 Å². The van der Waals surface area contributed by atoms with E-state index < -0.39 is 57.4 Å². The molecule has 190 valence electrons. The van der Waals surface area contributed by atoms with Gasteiger partial charge in [-0.15, -0.1) is 9.24 Å². The zero-order chi connectivity index (χ0) is 25.7. The molecule has 0 saturated carbocycles. The summed E-state index contributed by atoms with van der Waals surface area (Å²) in [7, 11) is 0.844. The summed E-state index contributed by atoms with van der Waals surface area (Å²) in [6.07, 6.45) is -9.30. The van der Waals surface area contributed by atoms with Crippen LogP contribution < -0.4 is 5.31 Å². The van der Waals surface area contributed by atoms with Gasteiger partial charge in [-0.1, -0.05) is 60.7 Å². The Morgan fingerprint density at radius 1 is 1.14 bits per heavy atom. The molecule has 0 spiro atoms. The number of alkyl halides is 3. The van der Waals surface area contributed by atoms with Crippen LogP contribution in [-0.4, -0.2) is 55.2 Å². The molecule has 2 saturated heterocycles. The van der Waals surface area contributed by atoms with E-state index in [1.165, 1.54) is 0 Å². The Hall–Kier alpha value is -1.48. The lowest BCUT2D eigenvalue weighted by Crippen LogP contribution is -2.66. The molecule has 0 amide bonds. The van der Waals surface area contributed by atoms with Crippen molar-refractivity contribution in [1.82, 2.24) is 5.31 Å². The van der Waals surface area contributed by atoms with Gasteiger partial charge < -0.3 is 28.8 Å². The molecule has 0 aromatic heterocycles. The van der Waals surface area contributed by atoms with Crippen LogP contribution in [0, 0.1) is 0 Å². The molecule has 0 bridgehead atoms. The van der Waals surface area contributed by atoms with E-state index in [4.69, 9.17) is 24.9 Å². The lowest BCUT2D eigenvalue weighted by molar-refractivity contribution is -0.339. The van der Waals surface area contributed by atoms with Gasteiger partial charge in [0.2, 0.25) is 0 Å². The minimum atomic E-state index is -5.03. The normalized spacial score (nSPS) is 29.8. The van der Waals surface area contributed by atoms with Crippen LogP contribution in [0.1, 0.15) is 17.4 Å². The second-order valence-electron chi connectivity index (χ2n) is 7.88. The number of benzene rings is 2. The molecule has 2 aromatic carbocycles. The van der Waals surface area contributed by atoms with Crippen LogP contribution in [-0.2, 0) is 34.9 Å². The Labute approximate surface area is 206 Å². The smallest absolute Gasteiger partial charge is 0.369 e. The number of fused-ring (bicyclic) bond motifs is 1. The number of nitrogens with one attached hydrogen (secondary N) is 1. The van der Waals surface area contributed by atoms with Crippen LogP contribution in [0.5, 0.6) is 0 Å². The highest BCUT2D eigenvalue weighted by Gasteiger charge is 2.51. The Kier molecular flexibility index (Phi) is 8.76. The number of halogens is 3. The van der Waals surface area contributed by atoms with Crippen LogP contribution in [0.25, 0.3) is 0 Å². The second-order valence-corrected chi connectivity index (χ2v) is 9.14. The van der Waals surface area contributed by atoms with Gasteiger partial charge in [0.1, 0.15) is 19.7 Å². The molecule has 2 aliphatic heterocycles. The summed E-state index contributed by atoms with van der Waals surface area (Å²) in [6, 6.07) is 17.6. The minimum Gasteiger partial charge on any atom is -0.369 e. The second kappa shape index (κ2) is 12.2. The average Bonchev–Trinajstić information content (AvgIpc) is 2.89. The third kappa shape index (κ3) is 6.85. The summed E-state index contributed by atoms with van der Waals surface area (Å²) in [5.41, 5.74) is -0.380. The largest absolute Gasteiger partial charge is 0.456 e. The van der Waals surface area contributed by atoms with Gasteiger partial charge >= 0.3 is 6.18 Å². The Balaban J connectivity index is 1.60. The lowest BCUT2D eigenvalue weighted by Gasteiger charge is -2.49. The van der Waals surface area contributed by atoms with Crippen molar-refractivity contribution in [2.45, 2.75) is 49.7 Å². The molecular weight excluding hydrogens is 505 g/mol. The zero-order valence-electron chi connectivity index (χ0n) is 19.5. The monoisotopic (exact) mass is 533 g/mol. The summed E-state index contributed by atoms with van der Waals surface area (Å²) in [4.78, 5) is 11.5. The van der Waals surface area contributed by atoms with Gasteiger partial charge in [-0.05, 0) is 5.56 Å². The molecule has 12 heteroatoms. The van der Waals surface area contributed by atoms with Gasteiger partial charge in [0.05, 0.1) is 28.1 Å². The van der Waals surface area contributed by atoms with Gasteiger partial charge in [0.25, 0.3) is 5.52 Å². The molecule has 4 rings (SSSR count). The predicted molar refractivity (Wildman–Crippen MR) is 126 cm³/mol. The molecule has 0 aliphatic carbocycles. The zero-order valence-corrected chi connectivity index (χ0v) is 20.6. The quantitative estimate of drug-likeness (QED) is 0.491. The Morgan fingerprint density at radius 2 is 1.83 bits per heavy atom. The average molecular weight is 533 g/mol. The van der Waals surface area contributed by atoms with E-state index in [1.807, 2.05) is 60.7 Å². The first-order chi connectivity index (χ1) is 17.3. The molecular formula is C23H26F3NO6P2. The van der Waals surface area contributed by atoms with Crippen molar-refractivity contribution in [2.24, 2.45) is 0 Å². The van der Waals surface area contributed by atoms with Gasteiger partial charge in [0, 0.05) is 11.8 Å². The maximum Gasteiger partial charge on any atom is 0.456 e. The minimum absolute atomic E-state index is 0.0528. The fraction of sp³-hybridized carbons (Fsp3) is 0.435. The Morgan fingerprint density at radius 3 is 2.49 bits per heavy atom. The van der Waals surface area contributed by atoms with Crippen molar-refractivity contribution in [1.29, 1.82) is 0 Å². The van der Waals surface area contributed by atoms with E-state index in [-0.39, 0.29) is 19.5 Å². The highest BCUT2D eigenvalue weighted by molar-refractivity contribution is 7.53. The Bertz CT molecular complexity index is 993. The van der Waals surface area contributed by atoms with Gasteiger partial charge in [-0.2, -0.15) is 13.2 Å². The van der Waals surface area contributed by atoms with E-state index in [9.17, 15) is 18.0 Å². The molecule has 2 fully saturated rings. The maximum atomic E-state index is 12.8. The molecule has 1 N–H and O–H groups in total. The number of carbonyl (C=O) groups excluding carboxylic acids is 1. The first-order valence-corrected chi connectivity index (χ1v) is 12.6. The molecule has 0 radical (unpaired) electrons. The summed E-state index contributed by atoms with van der Waals surface area (Å²) < 4.78 is 76.4. The highest BCUT2D eigenvalue weighted by Crippen LogP contribution is 2.38. The summed E-state index contributed by atoms with van der Waals surface area (Å²) in [5, 5.41) is 1.08. The fourth-order valence-electron chi connectivity index (χ4n) is 3.88. The van der Waals surface area contributed by atoms with Crippen molar-refractivity contribution in [3.05, 3.63) is 71.8 Å². The molecule has 8 atom stereocenters. The van der Waals surface area contributed by atoms with Crippen LogP contribution in [0.2, 0.25) is 1.41 Å². The van der Waals surface area contributed by atoms with Crippen molar-refractivity contribution >= 4 is 23.6 Å². The number of rotatable bonds is 9. The fourth-order valence-corrected chi connectivity index (χ4v) is 4.66. The van der Waals surface area contributed by atoms with Crippen LogP contribution in [0.4, 0.5) is 13.2 Å². The molecule has 2 aliphatic rings. The number of ether oxygens (including phenoxy) is 4. The third-order valence-electron chi connectivity index (χ3n) is 5.51. The highest BCUT2D eigenvalue weighted by atomic mass is 31.1. The SMILES string of the molecule is [3H]N(CP)C1[C@H](OPC(=O)C(F)(F)F)OC2COC(c3ccccc3)O[C@@H]2[C@H]1OCc1ccccc1. The van der Waals surface area contributed by atoms with E-state index in [2.05, 4.69) is 9.24 Å². The van der Waals surface area contributed by atoms with Gasteiger partial charge in [-0.3, -0.25) is 4.79 Å². The molecule has 2 aromatic rings. The van der Waals surface area contributed by atoms with E-state index in [0.29, 0.717) is 0 Å². The number of hydrogen-bond donors (Lipinski definition) is 1. The predicted octanol–water partition coefficient (Wildman–Crippen LogP) is 3.90. The standard InChI is InChI=1S/C23H26F3NO6P2/c24-23(25,26)22(28)35-33-21-17(27-13-34)19(29-11-14-7-3-1-4-8-14)18-16(31-21)12-30-20(32-18)15-9-5-2-6-10-15/h1-10,16-21,27,35H,11-13,34H2/t16?,17?,18-,19-,20?,21-/m0/s1/i/hT. The van der Waals surface area contributed by atoms with Crippen molar-refractivity contribution < 1.29 is 42.8 Å². The number of carbonyl (C=O) groups is 1. The first kappa shape index (κ1) is 25.2. The first-order valence-electron chi connectivity index (χ1n) is 11.3. The van der Waals surface area contributed by atoms with E-state index in [0.717, 1.165) is 16.4 Å². The molecule has 7 nitrogen and oxygen atoms in total. The summed E-state index contributed by atoms with van der Waals surface area (Å²) in [5.74, 6) is 0. The van der Waals surface area contributed by atoms with E-state index in [1.54, 1.807) is 0 Å². The lowest BCUT2D eigenvalue weighted by atomic mass is 9.95. The maximum absolute atomic E-state index is 12.8. The summed E-state index contributed by atoms with van der Waals surface area (Å²) >= 11 is 0. The summed E-state index contributed by atoms with van der Waals surface area (Å²) in [6.45, 7) is 0.212. The van der Waals surface area contributed by atoms with Crippen molar-refractivity contribution in [2.75, 3.05) is 12.9 Å². The van der Waals surface area contributed by atoms with Crippen LogP contribution >= 0.6 is 18.0 Å². The van der Waals surface area contributed by atoms with Gasteiger partial charge in [-0.25, -0.2) is 0 Å². The molecule has 2 heterocycles. The van der Waals surface area contributed by atoms with Crippen LogP contribution in [0.15, 0.2) is 60.7 Å². The van der Waals surface area contributed by atoms with Crippen molar-refractivity contribution in [3.8, 4) is 0 Å². The third-order valence-corrected chi connectivity index (χ3v) is 6.54. The number of hydrogen-bond acceptors (Lipinski definition) is 7. The molecule has 5 unspecified atom stereocenters. The molecule has 35 heavy (non-hydrogen) atoms. The van der Waals surface area contributed by atoms with Crippen LogP contribution in [0.3, 0.4) is 0 Å².